The molecule has 4 N–H and O–H groups in total. The highest BCUT2D eigenvalue weighted by Gasteiger charge is 2.45. The van der Waals surface area contributed by atoms with Gasteiger partial charge in [-0.25, -0.2) is 0 Å². The predicted octanol–water partition coefficient (Wildman–Crippen LogP) is -1.19. The van der Waals surface area contributed by atoms with Gasteiger partial charge in [0.1, 0.15) is 0 Å². The van der Waals surface area contributed by atoms with Crippen LogP contribution in [0.15, 0.2) is 0 Å². The first kappa shape index (κ1) is 8.49. The smallest absolute Gasteiger partial charge is 0.240 e. The molecule has 0 aromatic rings. The van der Waals surface area contributed by atoms with Crippen molar-refractivity contribution in [2.45, 2.75) is 18.4 Å². The molecular weight excluding hydrogens is 142 g/mol. The summed E-state index contributed by atoms with van der Waals surface area (Å²) >= 11 is 0. The second kappa shape index (κ2) is 3.19. The zero-order valence-corrected chi connectivity index (χ0v) is 6.81. The molecule has 1 rings (SSSR count). The number of likely N-dealkylation sites (N-methyl/N-ethyl adjacent to an activating group) is 1. The maximum atomic E-state index is 11.1. The van der Waals surface area contributed by atoms with Crippen molar-refractivity contribution in [2.75, 3.05) is 20.1 Å². The van der Waals surface area contributed by atoms with Crippen molar-refractivity contribution >= 4 is 5.91 Å². The van der Waals surface area contributed by atoms with Crippen molar-refractivity contribution in [3.63, 3.8) is 0 Å². The summed E-state index contributed by atoms with van der Waals surface area (Å²) in [6.45, 7) is 1.45. The largest absolute Gasteiger partial charge is 0.353 e. The summed E-state index contributed by atoms with van der Waals surface area (Å²) in [5, 5.41) is 5.70. The Morgan fingerprint density at radius 1 is 1.55 bits per heavy atom. The molecule has 0 aliphatic heterocycles. The van der Waals surface area contributed by atoms with Crippen LogP contribution >= 0.6 is 0 Å². The van der Waals surface area contributed by atoms with Crippen molar-refractivity contribution in [1.29, 1.82) is 0 Å². The summed E-state index contributed by atoms with van der Waals surface area (Å²) in [6.07, 6.45) is 1.66. The van der Waals surface area contributed by atoms with E-state index >= 15 is 0 Å². The second-order valence-corrected chi connectivity index (χ2v) is 3.02. The molecule has 1 aliphatic carbocycles. The number of nitrogens with one attached hydrogen (secondary N) is 2. The van der Waals surface area contributed by atoms with Gasteiger partial charge in [-0.05, 0) is 19.9 Å². The van der Waals surface area contributed by atoms with Crippen LogP contribution in [0, 0.1) is 0 Å². The molecule has 0 saturated heterocycles. The maximum Gasteiger partial charge on any atom is 0.240 e. The number of amides is 1. The molecule has 1 saturated carbocycles. The number of carbonyl (C=O) groups is 1. The lowest BCUT2D eigenvalue weighted by molar-refractivity contribution is -0.123. The van der Waals surface area contributed by atoms with Gasteiger partial charge >= 0.3 is 0 Å². The van der Waals surface area contributed by atoms with Crippen LogP contribution in [0.5, 0.6) is 0 Å². The first-order valence-electron chi connectivity index (χ1n) is 3.91. The number of hydrogen-bond acceptors (Lipinski definition) is 3. The molecule has 4 nitrogen and oxygen atoms in total. The summed E-state index contributed by atoms with van der Waals surface area (Å²) < 4.78 is 0. The van der Waals surface area contributed by atoms with Gasteiger partial charge in [-0.15, -0.1) is 0 Å². The van der Waals surface area contributed by atoms with Crippen LogP contribution < -0.4 is 16.4 Å². The van der Waals surface area contributed by atoms with Crippen molar-refractivity contribution in [2.24, 2.45) is 5.73 Å². The van der Waals surface area contributed by atoms with E-state index in [9.17, 15) is 4.79 Å². The van der Waals surface area contributed by atoms with E-state index < -0.39 is 5.54 Å². The molecule has 0 bridgehead atoms. The highest BCUT2D eigenvalue weighted by Crippen LogP contribution is 2.31. The second-order valence-electron chi connectivity index (χ2n) is 3.02. The summed E-state index contributed by atoms with van der Waals surface area (Å²) in [7, 11) is 1.85. The number of carbonyl (C=O) groups excluding carboxylic acids is 1. The van der Waals surface area contributed by atoms with Crippen LogP contribution in [0.2, 0.25) is 0 Å². The van der Waals surface area contributed by atoms with Gasteiger partial charge in [0.25, 0.3) is 0 Å². The Bertz CT molecular complexity index is 154. The van der Waals surface area contributed by atoms with E-state index in [-0.39, 0.29) is 5.91 Å². The van der Waals surface area contributed by atoms with Crippen molar-refractivity contribution in [1.82, 2.24) is 10.6 Å². The van der Waals surface area contributed by atoms with Gasteiger partial charge in [0.15, 0.2) is 0 Å². The van der Waals surface area contributed by atoms with E-state index in [0.717, 1.165) is 19.4 Å². The van der Waals surface area contributed by atoms with E-state index in [1.165, 1.54) is 0 Å². The molecule has 0 aromatic carbocycles. The third-order valence-corrected chi connectivity index (χ3v) is 1.90. The minimum atomic E-state index is -0.520. The third-order valence-electron chi connectivity index (χ3n) is 1.90. The van der Waals surface area contributed by atoms with Crippen LogP contribution in [-0.2, 0) is 4.79 Å². The maximum absolute atomic E-state index is 11.1. The SMILES string of the molecule is CNCCNC(=O)C1(N)CC1. The average molecular weight is 157 g/mol. The molecule has 64 valence electrons. The van der Waals surface area contributed by atoms with Gasteiger partial charge in [0.2, 0.25) is 5.91 Å². The molecule has 11 heavy (non-hydrogen) atoms. The molecule has 0 radical (unpaired) electrons. The highest BCUT2D eigenvalue weighted by atomic mass is 16.2. The van der Waals surface area contributed by atoms with E-state index in [0.29, 0.717) is 6.54 Å². The van der Waals surface area contributed by atoms with E-state index in [2.05, 4.69) is 10.6 Å². The number of rotatable bonds is 4. The molecule has 4 heteroatoms. The molecular formula is C7H15N3O. The first-order valence-corrected chi connectivity index (χ1v) is 3.91. The standard InChI is InChI=1S/C7H15N3O/c1-9-4-5-10-6(11)7(8)2-3-7/h9H,2-5,8H2,1H3,(H,10,11). The van der Waals surface area contributed by atoms with Gasteiger partial charge in [-0.3, -0.25) is 4.79 Å². The summed E-state index contributed by atoms with van der Waals surface area (Å²) in [6, 6.07) is 0. The van der Waals surface area contributed by atoms with Gasteiger partial charge in [-0.2, -0.15) is 0 Å². The van der Waals surface area contributed by atoms with E-state index in [1.54, 1.807) is 0 Å². The Hall–Kier alpha value is -0.610. The summed E-state index contributed by atoms with van der Waals surface area (Å²) in [5.74, 6) is -0.00671. The lowest BCUT2D eigenvalue weighted by Gasteiger charge is -2.08. The fraction of sp³-hybridized carbons (Fsp3) is 0.857. The highest BCUT2D eigenvalue weighted by molar-refractivity contribution is 5.88. The topological polar surface area (TPSA) is 67.1 Å². The minimum Gasteiger partial charge on any atom is -0.353 e. The van der Waals surface area contributed by atoms with Crippen molar-refractivity contribution in [3.05, 3.63) is 0 Å². The lowest BCUT2D eigenvalue weighted by Crippen LogP contribution is -2.44. The van der Waals surface area contributed by atoms with E-state index in [4.69, 9.17) is 5.73 Å². The molecule has 1 fully saturated rings. The van der Waals surface area contributed by atoms with Crippen molar-refractivity contribution < 1.29 is 4.79 Å². The Morgan fingerprint density at radius 3 is 2.64 bits per heavy atom. The Kier molecular flexibility index (Phi) is 2.46. The van der Waals surface area contributed by atoms with Crippen LogP contribution in [0.3, 0.4) is 0 Å². The summed E-state index contributed by atoms with van der Waals surface area (Å²) in [5.41, 5.74) is 5.12. The Balaban J connectivity index is 2.12. The van der Waals surface area contributed by atoms with Crippen LogP contribution in [-0.4, -0.2) is 31.6 Å². The predicted molar refractivity (Wildman–Crippen MR) is 43.1 cm³/mol. The fourth-order valence-electron chi connectivity index (χ4n) is 0.839. The monoisotopic (exact) mass is 157 g/mol. The van der Waals surface area contributed by atoms with Gasteiger partial charge in [-0.1, -0.05) is 0 Å². The van der Waals surface area contributed by atoms with Gasteiger partial charge < -0.3 is 16.4 Å². The zero-order chi connectivity index (χ0) is 8.32. The van der Waals surface area contributed by atoms with E-state index in [1.807, 2.05) is 7.05 Å². The zero-order valence-electron chi connectivity index (χ0n) is 6.81. The van der Waals surface area contributed by atoms with Crippen LogP contribution in [0.1, 0.15) is 12.8 Å². The Labute approximate surface area is 66.5 Å². The molecule has 0 atom stereocenters. The molecule has 1 aliphatic rings. The molecule has 0 spiro atoms. The average Bonchev–Trinajstić information content (AvgIpc) is 2.70. The van der Waals surface area contributed by atoms with Crippen LogP contribution in [0.4, 0.5) is 0 Å². The van der Waals surface area contributed by atoms with Gasteiger partial charge in [0.05, 0.1) is 5.54 Å². The minimum absolute atomic E-state index is 0.00671. The number of nitrogens with two attached hydrogens (primary N) is 1. The molecule has 0 aromatic heterocycles. The molecule has 0 unspecified atom stereocenters. The first-order chi connectivity index (χ1) is 5.19. The quantitative estimate of drug-likeness (QED) is 0.450. The van der Waals surface area contributed by atoms with Crippen molar-refractivity contribution in [3.8, 4) is 0 Å². The Morgan fingerprint density at radius 2 is 2.18 bits per heavy atom. The number of hydrogen-bond donors (Lipinski definition) is 3. The fourth-order valence-corrected chi connectivity index (χ4v) is 0.839. The molecule has 0 heterocycles. The third kappa shape index (κ3) is 2.17. The normalized spacial score (nSPS) is 19.5. The molecule has 1 amide bonds. The summed E-state index contributed by atoms with van der Waals surface area (Å²) in [4.78, 5) is 11.1. The van der Waals surface area contributed by atoms with Crippen LogP contribution in [0.25, 0.3) is 0 Å². The van der Waals surface area contributed by atoms with Gasteiger partial charge in [0, 0.05) is 13.1 Å². The lowest BCUT2D eigenvalue weighted by atomic mass is 10.3.